The average Bonchev–Trinajstić information content (AvgIpc) is 3.13. The van der Waals surface area contributed by atoms with Crippen LogP contribution in [-0.4, -0.2) is 23.9 Å². The number of primary sulfonamides is 1. The van der Waals surface area contributed by atoms with Gasteiger partial charge in [0.05, 0.1) is 16.8 Å². The normalized spacial score (nSPS) is 11.3. The van der Waals surface area contributed by atoms with Crippen LogP contribution in [0.3, 0.4) is 0 Å². The number of nitrogens with one attached hydrogen (secondary N) is 1. The Bertz CT molecular complexity index is 1070. The van der Waals surface area contributed by atoms with E-state index in [0.29, 0.717) is 17.6 Å². The van der Waals surface area contributed by atoms with Crippen LogP contribution >= 0.6 is 15.9 Å². The molecule has 27 heavy (non-hydrogen) atoms. The van der Waals surface area contributed by atoms with Gasteiger partial charge in [-0.2, -0.15) is 0 Å². The average molecular weight is 449 g/mol. The van der Waals surface area contributed by atoms with Crippen molar-refractivity contribution in [2.45, 2.75) is 18.0 Å². The number of rotatable bonds is 6. The SMILES string of the molecule is NS(=O)(=O)c1ccc(Br)c(C(=O)NCc2ccccc2Cn2ccnc2)c1. The van der Waals surface area contributed by atoms with E-state index in [1.54, 1.807) is 12.5 Å². The molecule has 9 heteroatoms. The van der Waals surface area contributed by atoms with Gasteiger partial charge in [-0.15, -0.1) is 0 Å². The molecule has 0 atom stereocenters. The Morgan fingerprint density at radius 3 is 2.59 bits per heavy atom. The summed E-state index contributed by atoms with van der Waals surface area (Å²) in [5.74, 6) is -0.398. The highest BCUT2D eigenvalue weighted by Crippen LogP contribution is 2.21. The summed E-state index contributed by atoms with van der Waals surface area (Å²) in [5, 5.41) is 7.97. The van der Waals surface area contributed by atoms with Gasteiger partial charge in [0.1, 0.15) is 0 Å². The Hall–Kier alpha value is -2.49. The number of sulfonamides is 1. The van der Waals surface area contributed by atoms with E-state index in [9.17, 15) is 13.2 Å². The molecule has 2 aromatic carbocycles. The number of hydrogen-bond acceptors (Lipinski definition) is 4. The number of imidazole rings is 1. The first-order chi connectivity index (χ1) is 12.8. The van der Waals surface area contributed by atoms with Gasteiger partial charge in [-0.1, -0.05) is 24.3 Å². The fourth-order valence-electron chi connectivity index (χ4n) is 2.59. The van der Waals surface area contributed by atoms with Gasteiger partial charge in [0, 0.05) is 30.0 Å². The molecule has 0 bridgehead atoms. The molecule has 1 heterocycles. The van der Waals surface area contributed by atoms with Crippen LogP contribution in [0.25, 0.3) is 0 Å². The third-order valence-electron chi connectivity index (χ3n) is 3.98. The molecule has 0 radical (unpaired) electrons. The molecule has 3 aromatic rings. The Morgan fingerprint density at radius 1 is 1.19 bits per heavy atom. The molecule has 140 valence electrons. The molecule has 1 aromatic heterocycles. The first-order valence-corrected chi connectivity index (χ1v) is 10.3. The van der Waals surface area contributed by atoms with Crippen LogP contribution in [0.2, 0.25) is 0 Å². The van der Waals surface area contributed by atoms with Gasteiger partial charge in [-0.05, 0) is 45.3 Å². The van der Waals surface area contributed by atoms with E-state index >= 15 is 0 Å². The minimum atomic E-state index is -3.89. The highest BCUT2D eigenvalue weighted by Gasteiger charge is 2.16. The van der Waals surface area contributed by atoms with Crippen molar-refractivity contribution in [3.63, 3.8) is 0 Å². The standard InChI is InChI=1S/C18H17BrN4O3S/c19-17-6-5-15(27(20,25)26)9-16(17)18(24)22-10-13-3-1-2-4-14(13)11-23-8-7-21-12-23/h1-9,12H,10-11H2,(H,22,24)(H2,20,25,26). The van der Waals surface area contributed by atoms with E-state index in [-0.39, 0.29) is 10.5 Å². The zero-order chi connectivity index (χ0) is 19.4. The molecular formula is C18H17BrN4O3S. The monoisotopic (exact) mass is 448 g/mol. The molecule has 0 fully saturated rings. The molecule has 1 amide bonds. The van der Waals surface area contributed by atoms with Crippen molar-refractivity contribution in [2.75, 3.05) is 0 Å². The van der Waals surface area contributed by atoms with Gasteiger partial charge in [-0.3, -0.25) is 4.79 Å². The fourth-order valence-corrected chi connectivity index (χ4v) is 3.55. The van der Waals surface area contributed by atoms with Gasteiger partial charge in [0.15, 0.2) is 0 Å². The number of amides is 1. The quantitative estimate of drug-likeness (QED) is 0.602. The van der Waals surface area contributed by atoms with Crippen molar-refractivity contribution in [2.24, 2.45) is 5.14 Å². The predicted octanol–water partition coefficient (Wildman–Crippen LogP) is 2.27. The van der Waals surface area contributed by atoms with E-state index in [4.69, 9.17) is 5.14 Å². The summed E-state index contributed by atoms with van der Waals surface area (Å²) in [6, 6.07) is 11.8. The van der Waals surface area contributed by atoms with Crippen molar-refractivity contribution >= 4 is 31.9 Å². The minimum absolute atomic E-state index is 0.114. The van der Waals surface area contributed by atoms with Crippen LogP contribution in [0.15, 0.2) is 70.6 Å². The molecule has 0 aliphatic carbocycles. The smallest absolute Gasteiger partial charge is 0.252 e. The second-order valence-corrected chi connectivity index (χ2v) is 8.29. The number of carbonyl (C=O) groups excluding carboxylic acids is 1. The molecular weight excluding hydrogens is 432 g/mol. The zero-order valence-electron chi connectivity index (χ0n) is 14.2. The summed E-state index contributed by atoms with van der Waals surface area (Å²) in [6.07, 6.45) is 5.30. The summed E-state index contributed by atoms with van der Waals surface area (Å²) in [5.41, 5.74) is 2.21. The molecule has 7 nitrogen and oxygen atoms in total. The topological polar surface area (TPSA) is 107 Å². The number of nitrogens with two attached hydrogens (primary N) is 1. The molecule has 0 aliphatic rings. The summed E-state index contributed by atoms with van der Waals surface area (Å²) in [7, 11) is -3.89. The number of benzene rings is 2. The number of hydrogen-bond donors (Lipinski definition) is 2. The Labute approximate surface area is 165 Å². The van der Waals surface area contributed by atoms with Crippen LogP contribution in [0, 0.1) is 0 Å². The largest absolute Gasteiger partial charge is 0.348 e. The molecule has 0 saturated carbocycles. The van der Waals surface area contributed by atoms with Crippen molar-refractivity contribution in [1.29, 1.82) is 0 Å². The highest BCUT2D eigenvalue weighted by atomic mass is 79.9. The lowest BCUT2D eigenvalue weighted by atomic mass is 10.1. The summed E-state index contributed by atoms with van der Waals surface area (Å²) in [4.78, 5) is 16.5. The van der Waals surface area contributed by atoms with Gasteiger partial charge < -0.3 is 9.88 Å². The number of halogens is 1. The van der Waals surface area contributed by atoms with Crippen molar-refractivity contribution in [3.05, 3.63) is 82.3 Å². The highest BCUT2D eigenvalue weighted by molar-refractivity contribution is 9.10. The second-order valence-electron chi connectivity index (χ2n) is 5.87. The second kappa shape index (κ2) is 8.03. The molecule has 0 unspecified atom stereocenters. The van der Waals surface area contributed by atoms with Crippen LogP contribution in [0.5, 0.6) is 0 Å². The van der Waals surface area contributed by atoms with Crippen LogP contribution in [0.4, 0.5) is 0 Å². The maximum Gasteiger partial charge on any atom is 0.252 e. The van der Waals surface area contributed by atoms with Crippen LogP contribution < -0.4 is 10.5 Å². The molecule has 0 saturated heterocycles. The lowest BCUT2D eigenvalue weighted by molar-refractivity contribution is 0.0950. The van der Waals surface area contributed by atoms with Crippen molar-refractivity contribution in [3.8, 4) is 0 Å². The Morgan fingerprint density at radius 2 is 1.93 bits per heavy atom. The first kappa shape index (κ1) is 19.3. The number of carbonyl (C=O) groups is 1. The van der Waals surface area contributed by atoms with Gasteiger partial charge in [0.25, 0.3) is 5.91 Å². The lowest BCUT2D eigenvalue weighted by Gasteiger charge is -2.12. The maximum atomic E-state index is 12.6. The molecule has 3 rings (SSSR count). The van der Waals surface area contributed by atoms with E-state index in [1.165, 1.54) is 18.2 Å². The fraction of sp³-hybridized carbons (Fsp3) is 0.111. The van der Waals surface area contributed by atoms with Crippen LogP contribution in [-0.2, 0) is 23.1 Å². The Kier molecular flexibility index (Phi) is 5.73. The lowest BCUT2D eigenvalue weighted by Crippen LogP contribution is -2.24. The van der Waals surface area contributed by atoms with E-state index in [1.807, 2.05) is 35.0 Å². The number of aromatic nitrogens is 2. The molecule has 0 aliphatic heterocycles. The Balaban J connectivity index is 1.77. The third-order valence-corrected chi connectivity index (χ3v) is 5.58. The van der Waals surface area contributed by atoms with E-state index < -0.39 is 15.9 Å². The van der Waals surface area contributed by atoms with Gasteiger partial charge >= 0.3 is 0 Å². The van der Waals surface area contributed by atoms with Crippen molar-refractivity contribution < 1.29 is 13.2 Å². The van der Waals surface area contributed by atoms with Crippen LogP contribution in [0.1, 0.15) is 21.5 Å². The van der Waals surface area contributed by atoms with E-state index in [2.05, 4.69) is 26.2 Å². The van der Waals surface area contributed by atoms with Crippen molar-refractivity contribution in [1.82, 2.24) is 14.9 Å². The van der Waals surface area contributed by atoms with Gasteiger partial charge in [0.2, 0.25) is 10.0 Å². The predicted molar refractivity (Wildman–Crippen MR) is 104 cm³/mol. The molecule has 3 N–H and O–H groups in total. The maximum absolute atomic E-state index is 12.6. The first-order valence-electron chi connectivity index (χ1n) is 7.97. The summed E-state index contributed by atoms with van der Waals surface area (Å²) < 4.78 is 25.5. The van der Waals surface area contributed by atoms with Gasteiger partial charge in [-0.25, -0.2) is 18.5 Å². The molecule has 0 spiro atoms. The zero-order valence-corrected chi connectivity index (χ0v) is 16.6. The van der Waals surface area contributed by atoms with E-state index in [0.717, 1.165) is 11.1 Å². The third kappa shape index (κ3) is 4.82. The minimum Gasteiger partial charge on any atom is -0.348 e. The summed E-state index contributed by atoms with van der Waals surface area (Å²) in [6.45, 7) is 0.937. The summed E-state index contributed by atoms with van der Waals surface area (Å²) >= 11 is 3.27. The number of nitrogens with zero attached hydrogens (tertiary/aromatic N) is 2.